The Balaban J connectivity index is 2.13. The molecule has 1 aliphatic rings. The van der Waals surface area contributed by atoms with E-state index in [-0.39, 0.29) is 0 Å². The van der Waals surface area contributed by atoms with E-state index >= 15 is 0 Å². The van der Waals surface area contributed by atoms with Gasteiger partial charge in [0.1, 0.15) is 23.2 Å². The lowest BCUT2D eigenvalue weighted by molar-refractivity contribution is -0.120. The van der Waals surface area contributed by atoms with Crippen LogP contribution in [-0.4, -0.2) is 35.4 Å². The molecule has 19 heavy (non-hydrogen) atoms. The molecule has 0 radical (unpaired) electrons. The summed E-state index contributed by atoms with van der Waals surface area (Å²) < 4.78 is 0. The molecule has 0 aromatic carbocycles. The summed E-state index contributed by atoms with van der Waals surface area (Å²) in [6.07, 6.45) is 3.24. The number of anilines is 2. The number of rotatable bonds is 4. The van der Waals surface area contributed by atoms with Crippen LogP contribution >= 0.6 is 0 Å². The molecule has 0 saturated heterocycles. The van der Waals surface area contributed by atoms with Gasteiger partial charge in [-0.2, -0.15) is 0 Å². The molecule has 0 bridgehead atoms. The minimum absolute atomic E-state index is 0.386. The number of nitrogens with one attached hydrogen (secondary N) is 1. The highest BCUT2D eigenvalue weighted by Crippen LogP contribution is 2.24. The van der Waals surface area contributed by atoms with E-state index in [2.05, 4.69) is 27.2 Å². The van der Waals surface area contributed by atoms with Crippen LogP contribution in [0.4, 0.5) is 11.6 Å². The standard InChI is InChI=1S/C14H22N4O/c1-4-15-13-9-14(17-10(2)16-13)18(3)11-5-7-12(19)8-6-11/h9,11H,4-8H2,1-3H3,(H,15,16,17). The van der Waals surface area contributed by atoms with E-state index < -0.39 is 0 Å². The number of aryl methyl sites for hydroxylation is 1. The van der Waals surface area contributed by atoms with Gasteiger partial charge in [-0.15, -0.1) is 0 Å². The molecule has 1 aromatic rings. The van der Waals surface area contributed by atoms with Crippen LogP contribution in [-0.2, 0) is 4.79 Å². The zero-order chi connectivity index (χ0) is 13.8. The highest BCUT2D eigenvalue weighted by Gasteiger charge is 2.23. The van der Waals surface area contributed by atoms with Gasteiger partial charge in [-0.05, 0) is 26.7 Å². The molecule has 0 spiro atoms. The quantitative estimate of drug-likeness (QED) is 0.901. The fourth-order valence-corrected chi connectivity index (χ4v) is 2.50. The van der Waals surface area contributed by atoms with Crippen molar-refractivity contribution in [1.29, 1.82) is 0 Å². The fourth-order valence-electron chi connectivity index (χ4n) is 2.50. The van der Waals surface area contributed by atoms with Crippen LogP contribution in [0.5, 0.6) is 0 Å². The second-order valence-electron chi connectivity index (χ2n) is 5.07. The summed E-state index contributed by atoms with van der Waals surface area (Å²) in [5, 5.41) is 3.22. The highest BCUT2D eigenvalue weighted by molar-refractivity contribution is 5.79. The first kappa shape index (κ1) is 13.8. The SMILES string of the molecule is CCNc1cc(N(C)C2CCC(=O)CC2)nc(C)n1. The average molecular weight is 262 g/mol. The lowest BCUT2D eigenvalue weighted by Gasteiger charge is -2.31. The predicted octanol–water partition coefficient (Wildman–Crippen LogP) is 2.16. The maximum Gasteiger partial charge on any atom is 0.134 e. The van der Waals surface area contributed by atoms with Crippen molar-refractivity contribution in [2.75, 3.05) is 23.8 Å². The molecular weight excluding hydrogens is 240 g/mol. The first-order chi connectivity index (χ1) is 9.10. The van der Waals surface area contributed by atoms with E-state index in [4.69, 9.17) is 0 Å². The molecule has 0 unspecified atom stereocenters. The maximum absolute atomic E-state index is 11.3. The fraction of sp³-hybridized carbons (Fsp3) is 0.643. The average Bonchev–Trinajstić information content (AvgIpc) is 2.38. The van der Waals surface area contributed by atoms with Crippen molar-refractivity contribution in [3.63, 3.8) is 0 Å². The molecule has 5 heteroatoms. The molecule has 0 amide bonds. The Morgan fingerprint density at radius 2 is 2.05 bits per heavy atom. The third-order valence-corrected chi connectivity index (χ3v) is 3.60. The van der Waals surface area contributed by atoms with E-state index in [0.717, 1.165) is 36.8 Å². The van der Waals surface area contributed by atoms with Crippen molar-refractivity contribution in [3.8, 4) is 0 Å². The number of ketones is 1. The van der Waals surface area contributed by atoms with Gasteiger partial charge in [0, 0.05) is 38.5 Å². The number of Topliss-reactive ketones (excluding diaryl/α,β-unsaturated/α-hetero) is 1. The Morgan fingerprint density at radius 1 is 1.37 bits per heavy atom. The van der Waals surface area contributed by atoms with Gasteiger partial charge in [0.2, 0.25) is 0 Å². The largest absolute Gasteiger partial charge is 0.370 e. The predicted molar refractivity (Wildman–Crippen MR) is 76.6 cm³/mol. The summed E-state index contributed by atoms with van der Waals surface area (Å²) in [5.41, 5.74) is 0. The van der Waals surface area contributed by atoms with Gasteiger partial charge in [0.15, 0.2) is 0 Å². The van der Waals surface area contributed by atoms with Gasteiger partial charge >= 0.3 is 0 Å². The molecule has 0 atom stereocenters. The Labute approximate surface area is 114 Å². The van der Waals surface area contributed by atoms with Crippen molar-refractivity contribution in [3.05, 3.63) is 11.9 Å². The number of nitrogens with zero attached hydrogens (tertiary/aromatic N) is 3. The van der Waals surface area contributed by atoms with Gasteiger partial charge in [0.05, 0.1) is 0 Å². The summed E-state index contributed by atoms with van der Waals surface area (Å²) >= 11 is 0. The molecule has 1 aromatic heterocycles. The summed E-state index contributed by atoms with van der Waals surface area (Å²) in [6, 6.07) is 2.38. The van der Waals surface area contributed by atoms with Crippen LogP contribution in [0, 0.1) is 6.92 Å². The van der Waals surface area contributed by atoms with Crippen LogP contribution in [0.3, 0.4) is 0 Å². The van der Waals surface area contributed by atoms with Crippen molar-refractivity contribution in [2.24, 2.45) is 0 Å². The van der Waals surface area contributed by atoms with E-state index in [0.29, 0.717) is 24.7 Å². The third kappa shape index (κ3) is 3.43. The second-order valence-corrected chi connectivity index (χ2v) is 5.07. The highest BCUT2D eigenvalue weighted by atomic mass is 16.1. The summed E-state index contributed by atoms with van der Waals surface area (Å²) in [6.45, 7) is 4.80. The molecule has 5 nitrogen and oxygen atoms in total. The van der Waals surface area contributed by atoms with Crippen LogP contribution in [0.15, 0.2) is 6.07 Å². The van der Waals surface area contributed by atoms with Gasteiger partial charge in [-0.25, -0.2) is 9.97 Å². The molecule has 1 fully saturated rings. The van der Waals surface area contributed by atoms with E-state index in [9.17, 15) is 4.79 Å². The number of aromatic nitrogens is 2. The third-order valence-electron chi connectivity index (χ3n) is 3.60. The van der Waals surface area contributed by atoms with E-state index in [1.807, 2.05) is 19.9 Å². The lowest BCUT2D eigenvalue weighted by atomic mass is 9.93. The summed E-state index contributed by atoms with van der Waals surface area (Å²) in [5.74, 6) is 2.95. The van der Waals surface area contributed by atoms with Crippen molar-refractivity contribution >= 4 is 17.4 Å². The number of hydrogen-bond acceptors (Lipinski definition) is 5. The molecular formula is C14H22N4O. The monoisotopic (exact) mass is 262 g/mol. The topological polar surface area (TPSA) is 58.1 Å². The van der Waals surface area contributed by atoms with Crippen LogP contribution in [0.2, 0.25) is 0 Å². The first-order valence-electron chi connectivity index (χ1n) is 6.94. The molecule has 0 aliphatic heterocycles. The van der Waals surface area contributed by atoms with Crippen molar-refractivity contribution < 1.29 is 4.79 Å². The van der Waals surface area contributed by atoms with Gasteiger partial charge in [-0.1, -0.05) is 0 Å². The zero-order valence-electron chi connectivity index (χ0n) is 11.9. The number of hydrogen-bond donors (Lipinski definition) is 1. The van der Waals surface area contributed by atoms with Crippen LogP contribution < -0.4 is 10.2 Å². The number of carbonyl (C=O) groups is 1. The Morgan fingerprint density at radius 3 is 2.68 bits per heavy atom. The van der Waals surface area contributed by atoms with Crippen LogP contribution in [0.25, 0.3) is 0 Å². The van der Waals surface area contributed by atoms with Crippen LogP contribution in [0.1, 0.15) is 38.4 Å². The van der Waals surface area contributed by atoms with E-state index in [1.165, 1.54) is 0 Å². The van der Waals surface area contributed by atoms with Gasteiger partial charge < -0.3 is 10.2 Å². The Kier molecular flexibility index (Phi) is 4.35. The molecule has 2 rings (SSSR count). The molecule has 104 valence electrons. The van der Waals surface area contributed by atoms with Crippen molar-refractivity contribution in [2.45, 2.75) is 45.6 Å². The minimum Gasteiger partial charge on any atom is -0.370 e. The first-order valence-corrected chi connectivity index (χ1v) is 6.94. The lowest BCUT2D eigenvalue weighted by Crippen LogP contribution is -2.36. The summed E-state index contributed by atoms with van der Waals surface area (Å²) in [7, 11) is 2.05. The second kappa shape index (κ2) is 5.99. The molecule has 1 aliphatic carbocycles. The smallest absolute Gasteiger partial charge is 0.134 e. The normalized spacial score (nSPS) is 16.5. The van der Waals surface area contributed by atoms with Crippen molar-refractivity contribution in [1.82, 2.24) is 9.97 Å². The van der Waals surface area contributed by atoms with Gasteiger partial charge in [-0.3, -0.25) is 4.79 Å². The van der Waals surface area contributed by atoms with Gasteiger partial charge in [0.25, 0.3) is 0 Å². The maximum atomic E-state index is 11.3. The van der Waals surface area contributed by atoms with E-state index in [1.54, 1.807) is 0 Å². The Hall–Kier alpha value is -1.65. The molecule has 1 heterocycles. The Bertz CT molecular complexity index is 451. The summed E-state index contributed by atoms with van der Waals surface area (Å²) in [4.78, 5) is 22.3. The number of carbonyl (C=O) groups excluding carboxylic acids is 1. The molecule has 1 saturated carbocycles. The zero-order valence-corrected chi connectivity index (χ0v) is 11.9. The molecule has 1 N–H and O–H groups in total. The minimum atomic E-state index is 0.386.